The van der Waals surface area contributed by atoms with E-state index < -0.39 is 18.1 Å². The molecule has 0 heterocycles. The smallest absolute Gasteiger partial charge is 0.407 e. The summed E-state index contributed by atoms with van der Waals surface area (Å²) in [5.74, 6) is -1.50. The number of rotatable bonds is 6. The largest absolute Gasteiger partial charge is 0.548 e. The lowest BCUT2D eigenvalue weighted by atomic mass is 9.98. The van der Waals surface area contributed by atoms with Gasteiger partial charge in [-0.3, -0.25) is 0 Å². The summed E-state index contributed by atoms with van der Waals surface area (Å²) in [6.07, 6.45) is -0.801. The van der Waals surface area contributed by atoms with Gasteiger partial charge in [0.2, 0.25) is 0 Å². The topological polar surface area (TPSA) is 78.5 Å². The lowest BCUT2D eigenvalue weighted by Crippen LogP contribution is -2.49. The van der Waals surface area contributed by atoms with Crippen LogP contribution in [0.4, 0.5) is 4.79 Å². The number of hydrogen-bond acceptors (Lipinski definition) is 4. The molecular formula is C24H19ClNO4-. The number of halogens is 1. The van der Waals surface area contributed by atoms with E-state index in [1.54, 1.807) is 24.3 Å². The Morgan fingerprint density at radius 1 is 0.933 bits per heavy atom. The Morgan fingerprint density at radius 3 is 2.10 bits per heavy atom. The van der Waals surface area contributed by atoms with E-state index in [2.05, 4.69) is 5.32 Å². The fourth-order valence-corrected chi connectivity index (χ4v) is 4.07. The van der Waals surface area contributed by atoms with Gasteiger partial charge in [0.05, 0.1) is 12.0 Å². The highest BCUT2D eigenvalue weighted by Crippen LogP contribution is 2.44. The number of aliphatic carboxylic acids is 1. The minimum absolute atomic E-state index is 0.00615. The number of fused-ring (bicyclic) bond motifs is 3. The molecule has 0 saturated heterocycles. The van der Waals surface area contributed by atoms with Crippen molar-refractivity contribution in [2.75, 3.05) is 6.61 Å². The number of ether oxygens (including phenoxy) is 1. The highest BCUT2D eigenvalue weighted by atomic mass is 35.5. The Labute approximate surface area is 179 Å². The number of carboxylic acid groups (broad SMARTS) is 1. The van der Waals surface area contributed by atoms with Crippen LogP contribution in [0.1, 0.15) is 22.6 Å². The first-order chi connectivity index (χ1) is 14.5. The molecule has 3 aromatic rings. The Kier molecular flexibility index (Phi) is 5.72. The molecule has 0 radical (unpaired) electrons. The number of hydrogen-bond donors (Lipinski definition) is 1. The average Bonchev–Trinajstić information content (AvgIpc) is 3.07. The van der Waals surface area contributed by atoms with Gasteiger partial charge in [0.1, 0.15) is 6.61 Å². The number of carbonyl (C=O) groups is 2. The van der Waals surface area contributed by atoms with Gasteiger partial charge in [0.15, 0.2) is 0 Å². The minimum atomic E-state index is -1.40. The number of alkyl carbamates (subject to hydrolysis) is 1. The summed E-state index contributed by atoms with van der Waals surface area (Å²) in [4.78, 5) is 23.9. The van der Waals surface area contributed by atoms with Crippen LogP contribution in [-0.2, 0) is 16.0 Å². The van der Waals surface area contributed by atoms with Crippen LogP contribution in [0, 0.1) is 0 Å². The van der Waals surface area contributed by atoms with Crippen LogP contribution in [0.5, 0.6) is 0 Å². The summed E-state index contributed by atoms with van der Waals surface area (Å²) in [6.45, 7) is 0.103. The third-order valence-corrected chi connectivity index (χ3v) is 5.67. The van der Waals surface area contributed by atoms with Crippen LogP contribution in [0.3, 0.4) is 0 Å². The molecule has 3 aromatic carbocycles. The summed E-state index contributed by atoms with van der Waals surface area (Å²) in [7, 11) is 0. The van der Waals surface area contributed by atoms with Crippen LogP contribution in [-0.4, -0.2) is 24.7 Å². The van der Waals surface area contributed by atoms with Gasteiger partial charge in [-0.25, -0.2) is 4.79 Å². The molecule has 0 aromatic heterocycles. The van der Waals surface area contributed by atoms with Crippen molar-refractivity contribution in [1.29, 1.82) is 0 Å². The molecule has 0 aliphatic heterocycles. The number of benzene rings is 3. The fraction of sp³-hybridized carbons (Fsp3) is 0.167. The van der Waals surface area contributed by atoms with Gasteiger partial charge in [-0.05, 0) is 40.3 Å². The molecule has 0 fully saturated rings. The molecule has 1 aliphatic carbocycles. The second kappa shape index (κ2) is 8.59. The van der Waals surface area contributed by atoms with Gasteiger partial charge >= 0.3 is 6.09 Å². The van der Waals surface area contributed by atoms with E-state index in [4.69, 9.17) is 16.3 Å². The quantitative estimate of drug-likeness (QED) is 0.661. The zero-order chi connectivity index (χ0) is 21.1. The van der Waals surface area contributed by atoms with Crippen molar-refractivity contribution in [2.45, 2.75) is 18.4 Å². The molecule has 0 spiro atoms. The normalized spacial score (nSPS) is 13.2. The van der Waals surface area contributed by atoms with Crippen molar-refractivity contribution in [2.24, 2.45) is 0 Å². The van der Waals surface area contributed by atoms with E-state index in [0.717, 1.165) is 22.3 Å². The van der Waals surface area contributed by atoms with Crippen LogP contribution in [0.15, 0.2) is 72.8 Å². The zero-order valence-electron chi connectivity index (χ0n) is 16.0. The summed E-state index contributed by atoms with van der Waals surface area (Å²) >= 11 is 6.10. The van der Waals surface area contributed by atoms with Gasteiger partial charge in [-0.1, -0.05) is 78.3 Å². The Hall–Kier alpha value is -3.31. The van der Waals surface area contributed by atoms with E-state index in [-0.39, 0.29) is 18.9 Å². The predicted octanol–water partition coefficient (Wildman–Crippen LogP) is 3.54. The van der Waals surface area contributed by atoms with Crippen molar-refractivity contribution in [1.82, 2.24) is 5.32 Å². The molecule has 4 rings (SSSR count). The fourth-order valence-electron chi connectivity index (χ4n) is 3.86. The van der Waals surface area contributed by atoms with E-state index in [9.17, 15) is 14.7 Å². The van der Waals surface area contributed by atoms with Crippen molar-refractivity contribution < 1.29 is 19.4 Å². The first kappa shape index (κ1) is 20.0. The number of carbonyl (C=O) groups excluding carboxylic acids is 2. The van der Waals surface area contributed by atoms with Crippen LogP contribution < -0.4 is 10.4 Å². The molecule has 1 aliphatic rings. The maximum atomic E-state index is 12.4. The van der Waals surface area contributed by atoms with Gasteiger partial charge in [0, 0.05) is 10.9 Å². The molecule has 1 N–H and O–H groups in total. The number of carboxylic acids is 1. The van der Waals surface area contributed by atoms with Gasteiger partial charge in [-0.15, -0.1) is 0 Å². The van der Waals surface area contributed by atoms with E-state index in [1.165, 1.54) is 0 Å². The monoisotopic (exact) mass is 420 g/mol. The van der Waals surface area contributed by atoms with Crippen LogP contribution >= 0.6 is 11.6 Å². The van der Waals surface area contributed by atoms with Crippen molar-refractivity contribution in [3.8, 4) is 11.1 Å². The first-order valence-corrected chi connectivity index (χ1v) is 9.98. The molecule has 5 nitrogen and oxygen atoms in total. The molecule has 0 bridgehead atoms. The summed E-state index contributed by atoms with van der Waals surface area (Å²) in [5, 5.41) is 14.3. The van der Waals surface area contributed by atoms with Crippen LogP contribution in [0.25, 0.3) is 11.1 Å². The lowest BCUT2D eigenvalue weighted by molar-refractivity contribution is -0.308. The molecule has 152 valence electrons. The Morgan fingerprint density at radius 2 is 1.50 bits per heavy atom. The van der Waals surface area contributed by atoms with Crippen molar-refractivity contribution >= 4 is 23.7 Å². The first-order valence-electron chi connectivity index (χ1n) is 9.60. The summed E-state index contributed by atoms with van der Waals surface area (Å²) in [6, 6.07) is 21.6. The Bertz CT molecular complexity index is 1050. The molecule has 0 saturated carbocycles. The van der Waals surface area contributed by atoms with Crippen LogP contribution in [0.2, 0.25) is 5.02 Å². The van der Waals surface area contributed by atoms with E-state index in [1.807, 2.05) is 48.5 Å². The number of nitrogens with one attached hydrogen (secondary N) is 1. The Balaban J connectivity index is 1.44. The maximum Gasteiger partial charge on any atom is 0.407 e. The highest BCUT2D eigenvalue weighted by Gasteiger charge is 2.29. The van der Waals surface area contributed by atoms with E-state index in [0.29, 0.717) is 10.6 Å². The second-order valence-electron chi connectivity index (χ2n) is 7.14. The second-order valence-corrected chi connectivity index (χ2v) is 7.54. The number of amides is 1. The highest BCUT2D eigenvalue weighted by molar-refractivity contribution is 6.31. The molecular weight excluding hydrogens is 402 g/mol. The van der Waals surface area contributed by atoms with Gasteiger partial charge < -0.3 is 20.0 Å². The molecule has 0 unspecified atom stereocenters. The van der Waals surface area contributed by atoms with Crippen molar-refractivity contribution in [3.05, 3.63) is 94.5 Å². The molecule has 30 heavy (non-hydrogen) atoms. The van der Waals surface area contributed by atoms with Gasteiger partial charge in [0.25, 0.3) is 0 Å². The minimum Gasteiger partial charge on any atom is -0.548 e. The van der Waals surface area contributed by atoms with E-state index >= 15 is 0 Å². The standard InChI is InChI=1S/C24H20ClNO4/c25-21-12-6-1-7-15(21)13-22(23(27)28)26-24(29)30-14-20-18-10-4-2-8-16(18)17-9-3-5-11-19(17)20/h1-12,20,22H,13-14H2,(H,26,29)(H,27,28)/p-1/t22-/m1/s1. The summed E-state index contributed by atoms with van der Waals surface area (Å²) < 4.78 is 5.41. The third kappa shape index (κ3) is 4.02. The molecule has 1 amide bonds. The average molecular weight is 421 g/mol. The third-order valence-electron chi connectivity index (χ3n) is 5.30. The lowest BCUT2D eigenvalue weighted by Gasteiger charge is -2.21. The van der Waals surface area contributed by atoms with Crippen molar-refractivity contribution in [3.63, 3.8) is 0 Å². The SMILES string of the molecule is O=C(N[C@H](Cc1ccccc1Cl)C(=O)[O-])OCC1c2ccccc2-c2ccccc21. The molecule has 1 atom stereocenters. The zero-order valence-corrected chi connectivity index (χ0v) is 16.8. The predicted molar refractivity (Wildman–Crippen MR) is 112 cm³/mol. The maximum absolute atomic E-state index is 12.4. The molecule has 6 heteroatoms. The van der Waals surface area contributed by atoms with Gasteiger partial charge in [-0.2, -0.15) is 0 Å². The summed E-state index contributed by atoms with van der Waals surface area (Å²) in [5.41, 5.74) is 5.01.